The summed E-state index contributed by atoms with van der Waals surface area (Å²) in [6, 6.07) is 5.17. The molecule has 0 unspecified atom stereocenters. The van der Waals surface area contributed by atoms with Gasteiger partial charge in [0.2, 0.25) is 0 Å². The molecule has 0 amide bonds. The smallest absolute Gasteiger partial charge is 0.126 e. The first kappa shape index (κ1) is 11.8. The van der Waals surface area contributed by atoms with Crippen molar-refractivity contribution in [2.75, 3.05) is 13.1 Å². The van der Waals surface area contributed by atoms with E-state index >= 15 is 0 Å². The number of aromatic nitrogens is 1. The molecule has 1 aliphatic rings. The summed E-state index contributed by atoms with van der Waals surface area (Å²) in [7, 11) is 0. The van der Waals surface area contributed by atoms with Crippen LogP contribution in [0.1, 0.15) is 10.6 Å². The monoisotopic (exact) mass is 262 g/mol. The minimum Gasteiger partial charge on any atom is -0.316 e. The molecule has 0 spiro atoms. The SMILES string of the molecule is Cc1cc(-c2csc(CC3CNC3)n2)ccc1F. The van der Waals surface area contributed by atoms with Crippen molar-refractivity contribution in [1.82, 2.24) is 10.3 Å². The van der Waals surface area contributed by atoms with Crippen LogP contribution in [0.15, 0.2) is 23.6 Å². The molecule has 1 aromatic heterocycles. The Balaban J connectivity index is 1.80. The summed E-state index contributed by atoms with van der Waals surface area (Å²) in [4.78, 5) is 4.64. The van der Waals surface area contributed by atoms with Crippen molar-refractivity contribution >= 4 is 11.3 Å². The lowest BCUT2D eigenvalue weighted by molar-refractivity contribution is 0.346. The number of hydrogen-bond donors (Lipinski definition) is 1. The summed E-state index contributed by atoms with van der Waals surface area (Å²) in [6.45, 7) is 3.99. The molecule has 18 heavy (non-hydrogen) atoms. The van der Waals surface area contributed by atoms with Gasteiger partial charge in [-0.25, -0.2) is 9.37 Å². The molecule has 4 heteroatoms. The maximum Gasteiger partial charge on any atom is 0.126 e. The minimum atomic E-state index is -0.158. The van der Waals surface area contributed by atoms with Crippen molar-refractivity contribution in [1.29, 1.82) is 0 Å². The van der Waals surface area contributed by atoms with Gasteiger partial charge in [0.05, 0.1) is 10.7 Å². The minimum absolute atomic E-state index is 0.158. The Labute approximate surface area is 110 Å². The van der Waals surface area contributed by atoms with Crippen LogP contribution in [-0.2, 0) is 6.42 Å². The number of thiazole rings is 1. The van der Waals surface area contributed by atoms with Crippen LogP contribution in [0.3, 0.4) is 0 Å². The van der Waals surface area contributed by atoms with E-state index in [0.717, 1.165) is 36.7 Å². The van der Waals surface area contributed by atoms with Crippen molar-refractivity contribution in [3.63, 3.8) is 0 Å². The number of halogens is 1. The van der Waals surface area contributed by atoms with E-state index in [4.69, 9.17) is 0 Å². The molecule has 3 rings (SSSR count). The van der Waals surface area contributed by atoms with Crippen LogP contribution >= 0.6 is 11.3 Å². The van der Waals surface area contributed by atoms with E-state index in [1.54, 1.807) is 24.3 Å². The molecular formula is C14H15FN2S. The van der Waals surface area contributed by atoms with Crippen LogP contribution in [0.4, 0.5) is 4.39 Å². The maximum atomic E-state index is 13.2. The molecule has 94 valence electrons. The Morgan fingerprint density at radius 3 is 2.94 bits per heavy atom. The van der Waals surface area contributed by atoms with Gasteiger partial charge in [0.1, 0.15) is 5.82 Å². The van der Waals surface area contributed by atoms with Gasteiger partial charge in [0.25, 0.3) is 0 Å². The highest BCUT2D eigenvalue weighted by atomic mass is 32.1. The van der Waals surface area contributed by atoms with Gasteiger partial charge in [-0.3, -0.25) is 0 Å². The molecule has 0 saturated carbocycles. The van der Waals surface area contributed by atoms with E-state index in [1.165, 1.54) is 11.1 Å². The molecule has 0 aliphatic carbocycles. The van der Waals surface area contributed by atoms with Crippen LogP contribution in [0, 0.1) is 18.7 Å². The van der Waals surface area contributed by atoms with E-state index in [2.05, 4.69) is 15.7 Å². The molecule has 2 heterocycles. The average Bonchev–Trinajstić information content (AvgIpc) is 2.76. The second-order valence-corrected chi connectivity index (χ2v) is 5.76. The molecule has 1 saturated heterocycles. The third-order valence-corrected chi connectivity index (χ3v) is 4.21. The summed E-state index contributed by atoms with van der Waals surface area (Å²) in [5, 5.41) is 6.51. The van der Waals surface area contributed by atoms with Gasteiger partial charge in [0, 0.05) is 17.4 Å². The highest BCUT2D eigenvalue weighted by molar-refractivity contribution is 7.09. The van der Waals surface area contributed by atoms with Crippen molar-refractivity contribution in [2.45, 2.75) is 13.3 Å². The molecule has 2 aromatic rings. The zero-order valence-electron chi connectivity index (χ0n) is 10.2. The molecule has 1 fully saturated rings. The van der Waals surface area contributed by atoms with E-state index in [1.807, 2.05) is 6.07 Å². The zero-order valence-corrected chi connectivity index (χ0v) is 11.1. The predicted octanol–water partition coefficient (Wildman–Crippen LogP) is 3.02. The fourth-order valence-electron chi connectivity index (χ4n) is 2.08. The number of benzene rings is 1. The van der Waals surface area contributed by atoms with Crippen LogP contribution in [-0.4, -0.2) is 18.1 Å². The first-order chi connectivity index (χ1) is 8.72. The summed E-state index contributed by atoms with van der Waals surface area (Å²) in [5.41, 5.74) is 2.64. The fourth-order valence-corrected chi connectivity index (χ4v) is 3.00. The second-order valence-electron chi connectivity index (χ2n) is 4.82. The zero-order chi connectivity index (χ0) is 12.5. The first-order valence-electron chi connectivity index (χ1n) is 6.14. The molecule has 0 radical (unpaired) electrons. The van der Waals surface area contributed by atoms with Gasteiger partial charge >= 0.3 is 0 Å². The Morgan fingerprint density at radius 2 is 2.28 bits per heavy atom. The maximum absolute atomic E-state index is 13.2. The van der Waals surface area contributed by atoms with Crippen LogP contribution in [0.2, 0.25) is 0 Å². The van der Waals surface area contributed by atoms with Gasteiger partial charge < -0.3 is 5.32 Å². The number of nitrogens with zero attached hydrogens (tertiary/aromatic N) is 1. The van der Waals surface area contributed by atoms with Crippen LogP contribution in [0.25, 0.3) is 11.3 Å². The van der Waals surface area contributed by atoms with E-state index in [9.17, 15) is 4.39 Å². The summed E-state index contributed by atoms with van der Waals surface area (Å²) in [5.74, 6) is 0.577. The quantitative estimate of drug-likeness (QED) is 0.919. The Kier molecular flexibility index (Phi) is 3.14. The normalized spacial score (nSPS) is 15.7. The number of aryl methyl sites for hydroxylation is 1. The van der Waals surface area contributed by atoms with Gasteiger partial charge in [-0.1, -0.05) is 0 Å². The van der Waals surface area contributed by atoms with Crippen LogP contribution < -0.4 is 5.32 Å². The highest BCUT2D eigenvalue weighted by Crippen LogP contribution is 2.25. The molecule has 2 nitrogen and oxygen atoms in total. The van der Waals surface area contributed by atoms with Crippen molar-refractivity contribution in [2.24, 2.45) is 5.92 Å². The summed E-state index contributed by atoms with van der Waals surface area (Å²) in [6.07, 6.45) is 1.05. The van der Waals surface area contributed by atoms with E-state index in [0.29, 0.717) is 5.56 Å². The third-order valence-electron chi connectivity index (χ3n) is 3.33. The lowest BCUT2D eigenvalue weighted by atomic mass is 10.00. The third kappa shape index (κ3) is 2.31. The Bertz CT molecular complexity index is 561. The Hall–Kier alpha value is -1.26. The van der Waals surface area contributed by atoms with Gasteiger partial charge in [-0.05, 0) is 49.7 Å². The average molecular weight is 262 g/mol. The predicted molar refractivity (Wildman–Crippen MR) is 72.3 cm³/mol. The lowest BCUT2D eigenvalue weighted by Crippen LogP contribution is -2.43. The van der Waals surface area contributed by atoms with Crippen molar-refractivity contribution in [3.8, 4) is 11.3 Å². The Morgan fingerprint density at radius 1 is 1.44 bits per heavy atom. The molecular weight excluding hydrogens is 247 g/mol. The molecule has 1 N–H and O–H groups in total. The summed E-state index contributed by atoms with van der Waals surface area (Å²) < 4.78 is 13.2. The van der Waals surface area contributed by atoms with E-state index < -0.39 is 0 Å². The molecule has 1 aliphatic heterocycles. The topological polar surface area (TPSA) is 24.9 Å². The number of rotatable bonds is 3. The standard InChI is InChI=1S/C14H15FN2S/c1-9-4-11(2-3-12(9)15)13-8-18-14(17-13)5-10-6-16-7-10/h2-4,8,10,16H,5-7H2,1H3. The second kappa shape index (κ2) is 4.78. The van der Waals surface area contributed by atoms with E-state index in [-0.39, 0.29) is 5.82 Å². The highest BCUT2D eigenvalue weighted by Gasteiger charge is 2.18. The van der Waals surface area contributed by atoms with Crippen molar-refractivity contribution < 1.29 is 4.39 Å². The molecule has 0 bridgehead atoms. The van der Waals surface area contributed by atoms with Crippen molar-refractivity contribution in [3.05, 3.63) is 40.0 Å². The largest absolute Gasteiger partial charge is 0.316 e. The molecule has 1 aromatic carbocycles. The first-order valence-corrected chi connectivity index (χ1v) is 7.02. The number of hydrogen-bond acceptors (Lipinski definition) is 3. The number of nitrogens with one attached hydrogen (secondary N) is 1. The van der Waals surface area contributed by atoms with Gasteiger partial charge in [0.15, 0.2) is 0 Å². The fraction of sp³-hybridized carbons (Fsp3) is 0.357. The lowest BCUT2D eigenvalue weighted by Gasteiger charge is -2.25. The van der Waals surface area contributed by atoms with Gasteiger partial charge in [-0.15, -0.1) is 11.3 Å². The van der Waals surface area contributed by atoms with Crippen LogP contribution in [0.5, 0.6) is 0 Å². The van der Waals surface area contributed by atoms with Gasteiger partial charge in [-0.2, -0.15) is 0 Å². The molecule has 0 atom stereocenters. The summed E-state index contributed by atoms with van der Waals surface area (Å²) >= 11 is 1.70.